The van der Waals surface area contributed by atoms with Gasteiger partial charge >= 0.3 is 0 Å². The maximum atomic E-state index is 11.1. The number of hydrogen-bond acceptors (Lipinski definition) is 2. The van der Waals surface area contributed by atoms with Gasteiger partial charge < -0.3 is 4.90 Å². The van der Waals surface area contributed by atoms with Crippen molar-refractivity contribution in [3.63, 3.8) is 0 Å². The molecule has 1 aromatic rings. The first kappa shape index (κ1) is 12.4. The molecule has 0 bridgehead atoms. The lowest BCUT2D eigenvalue weighted by atomic mass is 10.2. The SMILES string of the molecule is CC(=O)C(Br)CN(C)Cc1ccccc1. The Morgan fingerprint density at radius 3 is 2.53 bits per heavy atom. The highest BCUT2D eigenvalue weighted by atomic mass is 79.9. The highest BCUT2D eigenvalue weighted by molar-refractivity contribution is 9.10. The Morgan fingerprint density at radius 2 is 2.00 bits per heavy atom. The number of Topliss-reactive ketones (excluding diaryl/α,β-unsaturated/α-hetero) is 1. The summed E-state index contributed by atoms with van der Waals surface area (Å²) in [4.78, 5) is 13.1. The van der Waals surface area contributed by atoms with Crippen molar-refractivity contribution < 1.29 is 4.79 Å². The molecule has 82 valence electrons. The van der Waals surface area contributed by atoms with Crippen LogP contribution in [0.1, 0.15) is 12.5 Å². The zero-order chi connectivity index (χ0) is 11.3. The van der Waals surface area contributed by atoms with Gasteiger partial charge in [-0.15, -0.1) is 0 Å². The average molecular weight is 270 g/mol. The molecule has 0 aliphatic carbocycles. The summed E-state index contributed by atoms with van der Waals surface area (Å²) >= 11 is 3.36. The van der Waals surface area contributed by atoms with Crippen LogP contribution in [-0.2, 0) is 11.3 Å². The Balaban J connectivity index is 2.43. The number of benzene rings is 1. The smallest absolute Gasteiger partial charge is 0.144 e. The van der Waals surface area contributed by atoms with Crippen molar-refractivity contribution in [2.75, 3.05) is 13.6 Å². The second kappa shape index (κ2) is 6.03. The fraction of sp³-hybridized carbons (Fsp3) is 0.417. The molecule has 0 saturated carbocycles. The van der Waals surface area contributed by atoms with Crippen LogP contribution in [0.3, 0.4) is 0 Å². The van der Waals surface area contributed by atoms with Crippen LogP contribution in [0, 0.1) is 0 Å². The molecule has 1 unspecified atom stereocenters. The van der Waals surface area contributed by atoms with E-state index in [9.17, 15) is 4.79 Å². The van der Waals surface area contributed by atoms with Crippen LogP contribution in [0.4, 0.5) is 0 Å². The zero-order valence-electron chi connectivity index (χ0n) is 9.11. The van der Waals surface area contributed by atoms with Gasteiger partial charge in [0, 0.05) is 13.1 Å². The lowest BCUT2D eigenvalue weighted by molar-refractivity contribution is -0.116. The molecule has 1 rings (SSSR count). The maximum absolute atomic E-state index is 11.1. The van der Waals surface area contributed by atoms with Gasteiger partial charge in [0.15, 0.2) is 0 Å². The number of carbonyl (C=O) groups is 1. The third-order valence-electron chi connectivity index (χ3n) is 2.21. The van der Waals surface area contributed by atoms with Gasteiger partial charge in [0.25, 0.3) is 0 Å². The molecule has 1 atom stereocenters. The van der Waals surface area contributed by atoms with Crippen LogP contribution in [0.25, 0.3) is 0 Å². The maximum Gasteiger partial charge on any atom is 0.144 e. The van der Waals surface area contributed by atoms with E-state index < -0.39 is 0 Å². The third kappa shape index (κ3) is 4.58. The molecule has 0 N–H and O–H groups in total. The molecule has 15 heavy (non-hydrogen) atoms. The second-order valence-electron chi connectivity index (χ2n) is 3.76. The van der Waals surface area contributed by atoms with Crippen molar-refractivity contribution in [2.24, 2.45) is 0 Å². The minimum Gasteiger partial charge on any atom is -0.301 e. The number of halogens is 1. The Kier molecular flexibility index (Phi) is 4.99. The molecular formula is C12H16BrNO. The first-order chi connectivity index (χ1) is 7.09. The van der Waals surface area contributed by atoms with Crippen LogP contribution < -0.4 is 0 Å². The molecule has 0 fully saturated rings. The fourth-order valence-electron chi connectivity index (χ4n) is 1.36. The third-order valence-corrected chi connectivity index (χ3v) is 3.14. The van der Waals surface area contributed by atoms with E-state index in [1.165, 1.54) is 5.56 Å². The van der Waals surface area contributed by atoms with Crippen molar-refractivity contribution in [2.45, 2.75) is 18.3 Å². The van der Waals surface area contributed by atoms with E-state index in [4.69, 9.17) is 0 Å². The Labute approximate surface area is 99.4 Å². The number of carbonyl (C=O) groups excluding carboxylic acids is 1. The second-order valence-corrected chi connectivity index (χ2v) is 4.87. The van der Waals surface area contributed by atoms with Gasteiger partial charge in [-0.25, -0.2) is 0 Å². The summed E-state index contributed by atoms with van der Waals surface area (Å²) in [7, 11) is 2.02. The van der Waals surface area contributed by atoms with Crippen LogP contribution in [0.15, 0.2) is 30.3 Å². The fourth-order valence-corrected chi connectivity index (χ4v) is 1.86. The van der Waals surface area contributed by atoms with Gasteiger partial charge in [-0.1, -0.05) is 46.3 Å². The number of rotatable bonds is 5. The molecule has 3 heteroatoms. The first-order valence-corrected chi connectivity index (χ1v) is 5.88. The molecule has 0 radical (unpaired) electrons. The predicted octanol–water partition coefficient (Wildman–Crippen LogP) is 2.47. The summed E-state index contributed by atoms with van der Waals surface area (Å²) in [6, 6.07) is 10.2. The predicted molar refractivity (Wildman–Crippen MR) is 66.2 cm³/mol. The van der Waals surface area contributed by atoms with Crippen molar-refractivity contribution in [3.05, 3.63) is 35.9 Å². The summed E-state index contributed by atoms with van der Waals surface area (Å²) in [6.45, 7) is 3.22. The van der Waals surface area contributed by atoms with E-state index in [2.05, 4.69) is 33.0 Å². The molecule has 0 aromatic heterocycles. The van der Waals surface area contributed by atoms with E-state index in [1.54, 1.807) is 6.92 Å². The molecule has 0 spiro atoms. The van der Waals surface area contributed by atoms with Gasteiger partial charge in [0.2, 0.25) is 0 Å². The summed E-state index contributed by atoms with van der Waals surface area (Å²) in [6.07, 6.45) is 0. The highest BCUT2D eigenvalue weighted by Crippen LogP contribution is 2.07. The van der Waals surface area contributed by atoms with Crippen molar-refractivity contribution in [1.29, 1.82) is 0 Å². The molecule has 1 aromatic carbocycles. The summed E-state index contributed by atoms with van der Waals surface area (Å²) in [5.41, 5.74) is 1.27. The number of hydrogen-bond donors (Lipinski definition) is 0. The zero-order valence-corrected chi connectivity index (χ0v) is 10.7. The monoisotopic (exact) mass is 269 g/mol. The van der Waals surface area contributed by atoms with Crippen LogP contribution in [0.2, 0.25) is 0 Å². The van der Waals surface area contributed by atoms with E-state index in [1.807, 2.05) is 25.2 Å². The number of ketones is 1. The lowest BCUT2D eigenvalue weighted by Crippen LogP contribution is -2.29. The first-order valence-electron chi connectivity index (χ1n) is 4.96. The quantitative estimate of drug-likeness (QED) is 0.766. The van der Waals surface area contributed by atoms with Gasteiger partial charge in [-0.3, -0.25) is 4.79 Å². The van der Waals surface area contributed by atoms with E-state index in [0.29, 0.717) is 0 Å². The molecule has 2 nitrogen and oxygen atoms in total. The standard InChI is InChI=1S/C12H16BrNO/c1-10(15)12(13)9-14(2)8-11-6-4-3-5-7-11/h3-7,12H,8-9H2,1-2H3. The molecule has 0 aliphatic heterocycles. The minimum atomic E-state index is -0.0637. The van der Waals surface area contributed by atoms with Gasteiger partial charge in [-0.2, -0.15) is 0 Å². The highest BCUT2D eigenvalue weighted by Gasteiger charge is 2.12. The topological polar surface area (TPSA) is 20.3 Å². The van der Waals surface area contributed by atoms with Crippen molar-refractivity contribution in [3.8, 4) is 0 Å². The Hall–Kier alpha value is -0.670. The molecule has 0 saturated heterocycles. The minimum absolute atomic E-state index is 0.0637. The molecule has 0 heterocycles. The van der Waals surface area contributed by atoms with Crippen molar-refractivity contribution >= 4 is 21.7 Å². The van der Waals surface area contributed by atoms with Crippen LogP contribution in [-0.4, -0.2) is 29.1 Å². The normalized spacial score (nSPS) is 12.8. The molecule has 0 aliphatic rings. The van der Waals surface area contributed by atoms with Gasteiger partial charge in [0.1, 0.15) is 5.78 Å². The summed E-state index contributed by atoms with van der Waals surface area (Å²) < 4.78 is 0. The van der Waals surface area contributed by atoms with E-state index in [0.717, 1.165) is 13.1 Å². The average Bonchev–Trinajstić information content (AvgIpc) is 2.18. The largest absolute Gasteiger partial charge is 0.301 e. The van der Waals surface area contributed by atoms with E-state index >= 15 is 0 Å². The number of nitrogens with zero attached hydrogens (tertiary/aromatic N) is 1. The van der Waals surface area contributed by atoms with Crippen LogP contribution >= 0.6 is 15.9 Å². The van der Waals surface area contributed by atoms with Crippen LogP contribution in [0.5, 0.6) is 0 Å². The number of alkyl halides is 1. The van der Waals surface area contributed by atoms with E-state index in [-0.39, 0.29) is 10.6 Å². The Bertz CT molecular complexity index is 313. The van der Waals surface area contributed by atoms with Gasteiger partial charge in [0.05, 0.1) is 4.83 Å². The van der Waals surface area contributed by atoms with Crippen molar-refractivity contribution in [1.82, 2.24) is 4.90 Å². The van der Waals surface area contributed by atoms with Gasteiger partial charge in [-0.05, 0) is 19.5 Å². The Morgan fingerprint density at radius 1 is 1.40 bits per heavy atom. The molecular weight excluding hydrogens is 254 g/mol. The molecule has 0 amide bonds. The summed E-state index contributed by atoms with van der Waals surface area (Å²) in [5.74, 6) is 0.176. The summed E-state index contributed by atoms with van der Waals surface area (Å²) in [5, 5.41) is 0. The lowest BCUT2D eigenvalue weighted by Gasteiger charge is -2.18.